The molecule has 4 aliphatic rings. The lowest BCUT2D eigenvalue weighted by Crippen LogP contribution is -2.52. The van der Waals surface area contributed by atoms with Gasteiger partial charge in [-0.25, -0.2) is 0 Å². The summed E-state index contributed by atoms with van der Waals surface area (Å²) in [6, 6.07) is 0. The topological polar surface area (TPSA) is 17.1 Å². The summed E-state index contributed by atoms with van der Waals surface area (Å²) in [5, 5.41) is 0. The number of allylic oxidation sites excluding steroid dienone is 2. The average Bonchev–Trinajstić information content (AvgIpc) is 2.94. The van der Waals surface area contributed by atoms with Gasteiger partial charge in [-0.1, -0.05) is 65.0 Å². The quantitative estimate of drug-likeness (QED) is 0.530. The predicted molar refractivity (Wildman–Crippen MR) is 104 cm³/mol. The number of carbonyl (C=O) groups excluding carboxylic acids is 1. The van der Waals surface area contributed by atoms with E-state index in [0.29, 0.717) is 34.9 Å². The second-order valence-electron chi connectivity index (χ2n) is 10.4. The van der Waals surface area contributed by atoms with Crippen molar-refractivity contribution in [1.29, 1.82) is 0 Å². The van der Waals surface area contributed by atoms with Gasteiger partial charge in [0.1, 0.15) is 5.78 Å². The highest BCUT2D eigenvalue weighted by Gasteiger charge is 2.61. The van der Waals surface area contributed by atoms with Crippen LogP contribution >= 0.6 is 0 Å². The van der Waals surface area contributed by atoms with Crippen molar-refractivity contribution in [3.63, 3.8) is 0 Å². The predicted octanol–water partition coefficient (Wildman–Crippen LogP) is 6.57. The molecule has 140 valence electrons. The summed E-state index contributed by atoms with van der Waals surface area (Å²) < 4.78 is 0. The molecule has 1 unspecified atom stereocenters. The van der Waals surface area contributed by atoms with Gasteiger partial charge in [0, 0.05) is 11.8 Å². The van der Waals surface area contributed by atoms with Crippen LogP contribution in [-0.4, -0.2) is 5.78 Å². The minimum Gasteiger partial charge on any atom is -0.299 e. The largest absolute Gasteiger partial charge is 0.299 e. The molecule has 25 heavy (non-hydrogen) atoms. The van der Waals surface area contributed by atoms with E-state index in [9.17, 15) is 4.79 Å². The third kappa shape index (κ3) is 2.43. The molecule has 0 aromatic heterocycles. The Morgan fingerprint density at radius 2 is 1.96 bits per heavy atom. The van der Waals surface area contributed by atoms with Gasteiger partial charge in [-0.2, -0.15) is 0 Å². The van der Waals surface area contributed by atoms with Crippen molar-refractivity contribution in [3.8, 4) is 0 Å². The number of carbonyl (C=O) groups is 1. The molecule has 0 aliphatic heterocycles. The Morgan fingerprint density at radius 1 is 1.16 bits per heavy atom. The summed E-state index contributed by atoms with van der Waals surface area (Å²) in [6.07, 6.45) is 15.4. The molecule has 0 aromatic carbocycles. The smallest absolute Gasteiger partial charge is 0.140 e. The van der Waals surface area contributed by atoms with E-state index < -0.39 is 0 Å². The van der Waals surface area contributed by atoms with Gasteiger partial charge in [-0.3, -0.25) is 4.79 Å². The first-order chi connectivity index (χ1) is 11.9. The molecule has 0 N–H and O–H groups in total. The van der Waals surface area contributed by atoms with E-state index in [0.717, 1.165) is 12.3 Å². The molecule has 0 aromatic rings. The highest BCUT2D eigenvalue weighted by Crippen LogP contribution is 2.65. The molecule has 0 heterocycles. The monoisotopic (exact) mass is 342 g/mol. The first-order valence-electron chi connectivity index (χ1n) is 11.2. The van der Waals surface area contributed by atoms with Crippen LogP contribution in [0, 0.1) is 40.4 Å². The Labute approximate surface area is 155 Å². The van der Waals surface area contributed by atoms with Gasteiger partial charge >= 0.3 is 0 Å². The first-order valence-corrected chi connectivity index (χ1v) is 11.2. The summed E-state index contributed by atoms with van der Waals surface area (Å²) in [7, 11) is 0. The van der Waals surface area contributed by atoms with Crippen molar-refractivity contribution in [2.75, 3.05) is 0 Å². The van der Waals surface area contributed by atoms with Gasteiger partial charge in [-0.05, 0) is 67.1 Å². The van der Waals surface area contributed by atoms with Crippen LogP contribution in [0.3, 0.4) is 0 Å². The summed E-state index contributed by atoms with van der Waals surface area (Å²) in [4.78, 5) is 13.6. The van der Waals surface area contributed by atoms with Crippen molar-refractivity contribution in [2.45, 2.75) is 91.9 Å². The normalized spacial score (nSPS) is 47.5. The maximum Gasteiger partial charge on any atom is 0.140 e. The second kappa shape index (κ2) is 6.24. The minimum absolute atomic E-state index is 0.0607. The fourth-order valence-electron chi connectivity index (χ4n) is 7.87. The molecule has 0 bridgehead atoms. The van der Waals surface area contributed by atoms with E-state index in [-0.39, 0.29) is 5.41 Å². The second-order valence-corrected chi connectivity index (χ2v) is 10.4. The molecule has 0 spiro atoms. The van der Waals surface area contributed by atoms with E-state index in [2.05, 4.69) is 33.8 Å². The Kier molecular flexibility index (Phi) is 4.44. The molecular weight excluding hydrogens is 304 g/mol. The van der Waals surface area contributed by atoms with Gasteiger partial charge in [0.25, 0.3) is 0 Å². The number of rotatable bonds is 3. The van der Waals surface area contributed by atoms with Crippen LogP contribution < -0.4 is 0 Å². The highest BCUT2D eigenvalue weighted by atomic mass is 16.1. The Balaban J connectivity index is 1.68. The van der Waals surface area contributed by atoms with E-state index in [1.54, 1.807) is 5.57 Å². The minimum atomic E-state index is -0.0607. The molecule has 4 rings (SSSR count). The number of hydrogen-bond donors (Lipinski definition) is 0. The maximum atomic E-state index is 13.6. The van der Waals surface area contributed by atoms with E-state index in [1.165, 1.54) is 57.8 Å². The number of Topliss-reactive ketones (excluding diaryl/α,β-unsaturated/α-hetero) is 1. The zero-order valence-electron chi connectivity index (χ0n) is 16.9. The molecule has 0 radical (unpaired) electrons. The fourth-order valence-corrected chi connectivity index (χ4v) is 7.87. The molecule has 3 fully saturated rings. The molecular formula is C24H38O. The van der Waals surface area contributed by atoms with Crippen LogP contribution in [0.4, 0.5) is 0 Å². The molecule has 1 heteroatoms. The first kappa shape index (κ1) is 17.8. The number of fused-ring (bicyclic) bond motifs is 5. The van der Waals surface area contributed by atoms with Crippen LogP contribution in [0.15, 0.2) is 11.6 Å². The van der Waals surface area contributed by atoms with Crippen LogP contribution in [-0.2, 0) is 4.79 Å². The molecule has 0 saturated heterocycles. The molecule has 4 aliphatic carbocycles. The summed E-state index contributed by atoms with van der Waals surface area (Å²) in [5.74, 6) is 3.90. The highest BCUT2D eigenvalue weighted by molar-refractivity contribution is 5.88. The van der Waals surface area contributed by atoms with Crippen LogP contribution in [0.1, 0.15) is 91.9 Å². The molecule has 0 amide bonds. The third-order valence-electron chi connectivity index (χ3n) is 9.37. The van der Waals surface area contributed by atoms with Gasteiger partial charge in [0.05, 0.1) is 0 Å². The third-order valence-corrected chi connectivity index (χ3v) is 9.37. The molecule has 3 saturated carbocycles. The zero-order valence-corrected chi connectivity index (χ0v) is 16.9. The summed E-state index contributed by atoms with van der Waals surface area (Å²) in [6.45, 7) is 9.60. The van der Waals surface area contributed by atoms with Crippen molar-refractivity contribution in [2.24, 2.45) is 40.4 Å². The lowest BCUT2D eigenvalue weighted by atomic mass is 9.47. The van der Waals surface area contributed by atoms with Crippen molar-refractivity contribution in [1.82, 2.24) is 0 Å². The van der Waals surface area contributed by atoms with Crippen LogP contribution in [0.5, 0.6) is 0 Å². The lowest BCUT2D eigenvalue weighted by molar-refractivity contribution is -0.139. The fraction of sp³-hybridized carbons (Fsp3) is 0.875. The lowest BCUT2D eigenvalue weighted by Gasteiger charge is -2.56. The number of ketones is 1. The molecule has 7 atom stereocenters. The number of hydrogen-bond acceptors (Lipinski definition) is 1. The van der Waals surface area contributed by atoms with Crippen LogP contribution in [0.2, 0.25) is 0 Å². The van der Waals surface area contributed by atoms with Crippen LogP contribution in [0.25, 0.3) is 0 Å². The SMILES string of the molecule is CCC[C@@H](C)[C@H]1CC[C@H]2C3=CCC4CCCC[C@]4(C)[C@H]3CC(=O)[C@]12C. The van der Waals surface area contributed by atoms with Crippen molar-refractivity contribution in [3.05, 3.63) is 11.6 Å². The van der Waals surface area contributed by atoms with Gasteiger partial charge in [0.2, 0.25) is 0 Å². The Hall–Kier alpha value is -0.590. The molecule has 1 nitrogen and oxygen atoms in total. The van der Waals surface area contributed by atoms with Crippen molar-refractivity contribution >= 4 is 5.78 Å². The Bertz CT molecular complexity index is 575. The standard InChI is InChI=1S/C24H38O/c1-5-8-16(2)19-12-13-20-18-11-10-17-9-6-7-14-23(17,3)21(18)15-22(25)24(19,20)4/h11,16-17,19-21H,5-10,12-15H2,1-4H3/t16-,17?,19-,20+,21+,23+,24-/m1/s1. The average molecular weight is 343 g/mol. The van der Waals surface area contributed by atoms with E-state index in [4.69, 9.17) is 0 Å². The summed E-state index contributed by atoms with van der Waals surface area (Å²) in [5.41, 5.74) is 2.08. The van der Waals surface area contributed by atoms with Gasteiger partial charge < -0.3 is 0 Å². The summed E-state index contributed by atoms with van der Waals surface area (Å²) >= 11 is 0. The van der Waals surface area contributed by atoms with Gasteiger partial charge in [-0.15, -0.1) is 0 Å². The van der Waals surface area contributed by atoms with E-state index in [1.807, 2.05) is 0 Å². The van der Waals surface area contributed by atoms with Gasteiger partial charge in [0.15, 0.2) is 0 Å². The van der Waals surface area contributed by atoms with E-state index >= 15 is 0 Å². The maximum absolute atomic E-state index is 13.6. The zero-order chi connectivity index (χ0) is 17.8. The van der Waals surface area contributed by atoms with Crippen molar-refractivity contribution < 1.29 is 4.79 Å². The Morgan fingerprint density at radius 3 is 2.72 bits per heavy atom.